The number of carbonyl (C=O) groups excluding carboxylic acids is 1. The van der Waals surface area contributed by atoms with E-state index in [9.17, 15) is 4.79 Å². The molecule has 0 aliphatic rings. The van der Waals surface area contributed by atoms with Gasteiger partial charge in [-0.25, -0.2) is 0 Å². The zero-order valence-corrected chi connectivity index (χ0v) is 17.9. The molecule has 0 radical (unpaired) electrons. The van der Waals surface area contributed by atoms with Crippen molar-refractivity contribution in [3.8, 4) is 0 Å². The van der Waals surface area contributed by atoms with E-state index >= 15 is 0 Å². The third kappa shape index (κ3) is 6.97. The lowest BCUT2D eigenvalue weighted by molar-refractivity contribution is -0.114. The molecule has 5 nitrogen and oxygen atoms in total. The lowest BCUT2D eigenvalue weighted by Gasteiger charge is -2.14. The number of nitrogens with zero attached hydrogens (tertiary/aromatic N) is 1. The van der Waals surface area contributed by atoms with Crippen LogP contribution in [-0.2, 0) is 17.9 Å². The van der Waals surface area contributed by atoms with Crippen molar-refractivity contribution >= 4 is 34.8 Å². The molecule has 0 aliphatic heterocycles. The van der Waals surface area contributed by atoms with Crippen molar-refractivity contribution in [3.63, 3.8) is 0 Å². The van der Waals surface area contributed by atoms with Crippen molar-refractivity contribution in [2.75, 3.05) is 0 Å². The third-order valence-electron chi connectivity index (χ3n) is 4.11. The Morgan fingerprint density at radius 3 is 2.45 bits per heavy atom. The summed E-state index contributed by atoms with van der Waals surface area (Å²) in [6, 6.07) is 15.1. The number of hydrogen-bond acceptors (Lipinski definition) is 4. The smallest absolute Gasteiger partial charge is 0.275 e. The van der Waals surface area contributed by atoms with Gasteiger partial charge in [-0.1, -0.05) is 59.6 Å². The first-order valence-corrected chi connectivity index (χ1v) is 9.83. The van der Waals surface area contributed by atoms with Gasteiger partial charge in [-0.05, 0) is 55.0 Å². The first-order chi connectivity index (χ1) is 13.9. The van der Waals surface area contributed by atoms with Gasteiger partial charge in [-0.2, -0.15) is 0 Å². The van der Waals surface area contributed by atoms with Crippen LogP contribution in [0.3, 0.4) is 0 Å². The van der Waals surface area contributed by atoms with Crippen molar-refractivity contribution in [1.82, 2.24) is 10.6 Å². The fourth-order valence-electron chi connectivity index (χ4n) is 2.46. The molecule has 2 aromatic carbocycles. The number of nitrogens with two attached hydrogens (primary N) is 1. The SMILES string of the molecule is C/C=C(\NCc1ccc(Cl)c(Cl)c1)NC(=O)C(=NCc1ccccc1)C(C)=CN. The Balaban J connectivity index is 2.06. The average molecular weight is 431 g/mol. The van der Waals surface area contributed by atoms with Crippen LogP contribution >= 0.6 is 23.2 Å². The predicted molar refractivity (Wildman–Crippen MR) is 121 cm³/mol. The topological polar surface area (TPSA) is 79.5 Å². The van der Waals surface area contributed by atoms with Crippen LogP contribution in [0.25, 0.3) is 0 Å². The number of halogens is 2. The van der Waals surface area contributed by atoms with Crippen LogP contribution in [-0.4, -0.2) is 11.6 Å². The van der Waals surface area contributed by atoms with Crippen LogP contribution in [0.2, 0.25) is 10.0 Å². The summed E-state index contributed by atoms with van der Waals surface area (Å²) in [6.45, 7) is 4.43. The van der Waals surface area contributed by atoms with Gasteiger partial charge in [0, 0.05) is 6.54 Å². The lowest BCUT2D eigenvalue weighted by atomic mass is 10.1. The summed E-state index contributed by atoms with van der Waals surface area (Å²) in [5, 5.41) is 6.99. The highest BCUT2D eigenvalue weighted by Gasteiger charge is 2.14. The first kappa shape index (κ1) is 22.5. The summed E-state index contributed by atoms with van der Waals surface area (Å²) in [5.41, 5.74) is 8.45. The van der Waals surface area contributed by atoms with Crippen LogP contribution in [0, 0.1) is 0 Å². The molecule has 1 amide bonds. The second-order valence-electron chi connectivity index (χ2n) is 6.26. The van der Waals surface area contributed by atoms with Crippen molar-refractivity contribution in [2.24, 2.45) is 10.7 Å². The normalized spacial score (nSPS) is 12.6. The molecule has 0 bridgehead atoms. The molecule has 0 atom stereocenters. The van der Waals surface area contributed by atoms with E-state index in [0.29, 0.717) is 34.5 Å². The van der Waals surface area contributed by atoms with Crippen LogP contribution in [0.1, 0.15) is 25.0 Å². The summed E-state index contributed by atoms with van der Waals surface area (Å²) in [7, 11) is 0. The maximum Gasteiger partial charge on any atom is 0.275 e. The summed E-state index contributed by atoms with van der Waals surface area (Å²) in [4.78, 5) is 17.2. The number of amides is 1. The number of hydrogen-bond donors (Lipinski definition) is 3. The zero-order valence-electron chi connectivity index (χ0n) is 16.4. The Labute approximate surface area is 181 Å². The van der Waals surface area contributed by atoms with E-state index < -0.39 is 0 Å². The van der Waals surface area contributed by atoms with Crippen molar-refractivity contribution in [1.29, 1.82) is 0 Å². The molecular weight excluding hydrogens is 407 g/mol. The molecular formula is C22H24Cl2N4O. The molecule has 0 saturated heterocycles. The minimum atomic E-state index is -0.338. The summed E-state index contributed by atoms with van der Waals surface area (Å²) < 4.78 is 0. The molecule has 0 unspecified atom stereocenters. The Bertz CT molecular complexity index is 937. The van der Waals surface area contributed by atoms with Crippen molar-refractivity contribution in [2.45, 2.75) is 26.9 Å². The largest absolute Gasteiger partial charge is 0.404 e. The van der Waals surface area contributed by atoms with Gasteiger partial charge in [0.25, 0.3) is 5.91 Å². The minimum Gasteiger partial charge on any atom is -0.404 e. The van der Waals surface area contributed by atoms with Gasteiger partial charge in [0.15, 0.2) is 0 Å². The molecule has 4 N–H and O–H groups in total. The van der Waals surface area contributed by atoms with Gasteiger partial charge >= 0.3 is 0 Å². The minimum absolute atomic E-state index is 0.284. The van der Waals surface area contributed by atoms with Crippen LogP contribution in [0.15, 0.2) is 77.2 Å². The molecule has 29 heavy (non-hydrogen) atoms. The molecule has 7 heteroatoms. The van der Waals surface area contributed by atoms with Crippen LogP contribution in [0.5, 0.6) is 0 Å². The Hall–Kier alpha value is -2.76. The Morgan fingerprint density at radius 1 is 1.10 bits per heavy atom. The van der Waals surface area contributed by atoms with Crippen molar-refractivity contribution in [3.05, 3.63) is 93.4 Å². The fourth-order valence-corrected chi connectivity index (χ4v) is 2.78. The quantitative estimate of drug-likeness (QED) is 0.536. The molecule has 0 spiro atoms. The number of aliphatic imine (C=N–C) groups is 1. The highest BCUT2D eigenvalue weighted by Crippen LogP contribution is 2.22. The van der Waals surface area contributed by atoms with E-state index in [1.807, 2.05) is 43.3 Å². The van der Waals surface area contributed by atoms with E-state index in [1.165, 1.54) is 6.20 Å². The van der Waals surface area contributed by atoms with Crippen LogP contribution in [0.4, 0.5) is 0 Å². The standard InChI is InChI=1S/C22H24Cl2N4O/c1-3-20(26-14-17-9-10-18(23)19(24)11-17)28-22(29)21(15(2)12-25)27-13-16-7-5-4-6-8-16/h3-12,26H,13-14,25H2,1-2H3,(H,28,29)/b15-12?,20-3+,27-21?. The summed E-state index contributed by atoms with van der Waals surface area (Å²) in [6.07, 6.45) is 3.15. The Kier molecular flexibility index (Phi) is 8.77. The monoisotopic (exact) mass is 430 g/mol. The van der Waals surface area contributed by atoms with E-state index in [4.69, 9.17) is 28.9 Å². The van der Waals surface area contributed by atoms with E-state index in [-0.39, 0.29) is 11.6 Å². The number of benzene rings is 2. The number of carbonyl (C=O) groups is 1. The molecule has 0 saturated carbocycles. The third-order valence-corrected chi connectivity index (χ3v) is 4.84. The predicted octanol–water partition coefficient (Wildman–Crippen LogP) is 4.56. The molecule has 0 aliphatic carbocycles. The fraction of sp³-hybridized carbons (Fsp3) is 0.182. The molecule has 0 heterocycles. The van der Waals surface area contributed by atoms with E-state index in [2.05, 4.69) is 15.6 Å². The molecule has 0 aromatic heterocycles. The second-order valence-corrected chi connectivity index (χ2v) is 7.07. The first-order valence-electron chi connectivity index (χ1n) is 9.07. The highest BCUT2D eigenvalue weighted by atomic mass is 35.5. The van der Waals surface area contributed by atoms with Gasteiger partial charge in [0.1, 0.15) is 11.5 Å². The number of rotatable bonds is 8. The van der Waals surface area contributed by atoms with Crippen molar-refractivity contribution < 1.29 is 4.79 Å². The zero-order chi connectivity index (χ0) is 21.2. The molecule has 2 rings (SSSR count). The van der Waals surface area contributed by atoms with Gasteiger partial charge in [0.2, 0.25) is 0 Å². The van der Waals surface area contributed by atoms with Gasteiger partial charge in [0.05, 0.1) is 16.6 Å². The van der Waals surface area contributed by atoms with Crippen LogP contribution < -0.4 is 16.4 Å². The lowest BCUT2D eigenvalue weighted by Crippen LogP contribution is -2.36. The number of nitrogens with one attached hydrogen (secondary N) is 2. The van der Waals surface area contributed by atoms with Gasteiger partial charge in [-0.15, -0.1) is 0 Å². The Morgan fingerprint density at radius 2 is 1.83 bits per heavy atom. The average Bonchev–Trinajstić information content (AvgIpc) is 2.74. The molecule has 0 fully saturated rings. The number of allylic oxidation sites excluding steroid dienone is 1. The highest BCUT2D eigenvalue weighted by molar-refractivity contribution is 6.45. The second kappa shape index (κ2) is 11.3. The maximum atomic E-state index is 12.8. The summed E-state index contributed by atoms with van der Waals surface area (Å²) >= 11 is 12.0. The molecule has 152 valence electrons. The van der Waals surface area contributed by atoms with E-state index in [1.54, 1.807) is 25.1 Å². The van der Waals surface area contributed by atoms with Gasteiger partial charge < -0.3 is 16.4 Å². The van der Waals surface area contributed by atoms with E-state index in [0.717, 1.165) is 11.1 Å². The van der Waals surface area contributed by atoms with Gasteiger partial charge in [-0.3, -0.25) is 9.79 Å². The molecule has 2 aromatic rings. The summed E-state index contributed by atoms with van der Waals surface area (Å²) in [5.74, 6) is 0.216. The maximum absolute atomic E-state index is 12.8.